The minimum absolute atomic E-state index is 0.0751. The molecular formula is C21H28N6O. The molecule has 0 aliphatic carbocycles. The number of amides is 1. The highest BCUT2D eigenvalue weighted by molar-refractivity contribution is 5.94. The minimum atomic E-state index is 0.0751. The van der Waals surface area contributed by atoms with E-state index in [0.29, 0.717) is 18.2 Å². The summed E-state index contributed by atoms with van der Waals surface area (Å²) in [6.45, 7) is 7.18. The molecule has 1 amide bonds. The molecule has 1 atom stereocenters. The highest BCUT2D eigenvalue weighted by atomic mass is 16.2. The van der Waals surface area contributed by atoms with Gasteiger partial charge in [-0.05, 0) is 44.2 Å². The predicted molar refractivity (Wildman–Crippen MR) is 112 cm³/mol. The van der Waals surface area contributed by atoms with E-state index in [4.69, 9.17) is 0 Å². The number of carbonyl (C=O) groups is 1. The van der Waals surface area contributed by atoms with Crippen molar-refractivity contribution >= 4 is 23.4 Å². The normalized spacial score (nSPS) is 19.1. The summed E-state index contributed by atoms with van der Waals surface area (Å²) >= 11 is 0. The van der Waals surface area contributed by atoms with Gasteiger partial charge in [0.1, 0.15) is 5.82 Å². The molecule has 3 heterocycles. The first-order valence-corrected chi connectivity index (χ1v) is 10.0. The molecule has 2 aromatic rings. The molecule has 7 nitrogen and oxygen atoms in total. The first-order chi connectivity index (χ1) is 13.6. The molecule has 2 saturated heterocycles. The molecule has 2 aliphatic heterocycles. The first kappa shape index (κ1) is 18.7. The van der Waals surface area contributed by atoms with Gasteiger partial charge < -0.3 is 15.1 Å². The average molecular weight is 380 g/mol. The van der Waals surface area contributed by atoms with Crippen LogP contribution in [0.4, 0.5) is 17.5 Å². The Morgan fingerprint density at radius 3 is 2.46 bits per heavy atom. The number of piperazine rings is 1. The third-order valence-electron chi connectivity index (χ3n) is 5.60. The number of hydrogen-bond acceptors (Lipinski definition) is 6. The van der Waals surface area contributed by atoms with E-state index < -0.39 is 0 Å². The molecule has 7 heteroatoms. The maximum Gasteiger partial charge on any atom is 0.228 e. The number of anilines is 3. The van der Waals surface area contributed by atoms with Gasteiger partial charge in [-0.3, -0.25) is 9.69 Å². The highest BCUT2D eigenvalue weighted by Gasteiger charge is 2.23. The Bertz CT molecular complexity index is 816. The van der Waals surface area contributed by atoms with Gasteiger partial charge in [0.15, 0.2) is 0 Å². The molecule has 0 radical (unpaired) electrons. The van der Waals surface area contributed by atoms with Crippen LogP contribution in [-0.2, 0) is 4.79 Å². The van der Waals surface area contributed by atoms with E-state index in [9.17, 15) is 4.79 Å². The maximum atomic E-state index is 11.9. The minimum Gasteiger partial charge on any atom is -0.369 e. The monoisotopic (exact) mass is 380 g/mol. The number of rotatable bonds is 5. The number of hydrogen-bond donors (Lipinski definition) is 1. The molecule has 1 N–H and O–H groups in total. The Balaban J connectivity index is 1.41. The van der Waals surface area contributed by atoms with E-state index in [0.717, 1.165) is 39.1 Å². The van der Waals surface area contributed by atoms with Crippen LogP contribution in [0.3, 0.4) is 0 Å². The average Bonchev–Trinajstić information content (AvgIpc) is 3.15. The zero-order valence-corrected chi connectivity index (χ0v) is 16.6. The fourth-order valence-corrected chi connectivity index (χ4v) is 3.77. The fraction of sp³-hybridized carbons (Fsp3) is 0.476. The largest absolute Gasteiger partial charge is 0.369 e. The van der Waals surface area contributed by atoms with Crippen LogP contribution in [0, 0.1) is 0 Å². The summed E-state index contributed by atoms with van der Waals surface area (Å²) in [4.78, 5) is 27.3. The van der Waals surface area contributed by atoms with E-state index in [-0.39, 0.29) is 11.9 Å². The SMILES string of the molecule is CC(Nc1nccc(N2CCCC2=O)n1)c1ccc(N2CCN(C)CC2)cc1. The van der Waals surface area contributed by atoms with Crippen molar-refractivity contribution in [1.82, 2.24) is 14.9 Å². The van der Waals surface area contributed by atoms with Crippen molar-refractivity contribution in [2.24, 2.45) is 0 Å². The van der Waals surface area contributed by atoms with Crippen LogP contribution in [-0.4, -0.2) is 60.5 Å². The smallest absolute Gasteiger partial charge is 0.228 e. The van der Waals surface area contributed by atoms with E-state index in [1.807, 2.05) is 0 Å². The van der Waals surface area contributed by atoms with Crippen LogP contribution < -0.4 is 15.1 Å². The second-order valence-corrected chi connectivity index (χ2v) is 7.64. The molecule has 1 aromatic carbocycles. The maximum absolute atomic E-state index is 11.9. The summed E-state index contributed by atoms with van der Waals surface area (Å²) < 4.78 is 0. The summed E-state index contributed by atoms with van der Waals surface area (Å²) in [6.07, 6.45) is 3.20. The summed E-state index contributed by atoms with van der Waals surface area (Å²) in [6, 6.07) is 10.6. The van der Waals surface area contributed by atoms with Crippen molar-refractivity contribution in [1.29, 1.82) is 0 Å². The van der Waals surface area contributed by atoms with E-state index >= 15 is 0 Å². The quantitative estimate of drug-likeness (QED) is 0.860. The lowest BCUT2D eigenvalue weighted by atomic mass is 10.1. The van der Waals surface area contributed by atoms with Crippen LogP contribution in [0.15, 0.2) is 36.5 Å². The molecule has 1 aromatic heterocycles. The highest BCUT2D eigenvalue weighted by Crippen LogP contribution is 2.24. The number of benzene rings is 1. The Morgan fingerprint density at radius 1 is 1.04 bits per heavy atom. The molecule has 2 aliphatic rings. The van der Waals surface area contributed by atoms with Crippen molar-refractivity contribution in [2.45, 2.75) is 25.8 Å². The van der Waals surface area contributed by atoms with Crippen molar-refractivity contribution in [3.05, 3.63) is 42.1 Å². The number of nitrogens with zero attached hydrogens (tertiary/aromatic N) is 5. The predicted octanol–water partition coefficient (Wildman–Crippen LogP) is 2.53. The molecule has 28 heavy (non-hydrogen) atoms. The van der Waals surface area contributed by atoms with Crippen molar-refractivity contribution in [3.63, 3.8) is 0 Å². The Morgan fingerprint density at radius 2 is 1.79 bits per heavy atom. The van der Waals surface area contributed by atoms with Crippen molar-refractivity contribution < 1.29 is 4.79 Å². The molecule has 4 rings (SSSR count). The molecule has 2 fully saturated rings. The van der Waals surface area contributed by atoms with E-state index in [2.05, 4.69) is 63.3 Å². The van der Waals surface area contributed by atoms with Gasteiger partial charge >= 0.3 is 0 Å². The lowest BCUT2D eigenvalue weighted by Crippen LogP contribution is -2.44. The lowest BCUT2D eigenvalue weighted by molar-refractivity contribution is -0.117. The topological polar surface area (TPSA) is 64.6 Å². The number of carbonyl (C=O) groups excluding carboxylic acids is 1. The Kier molecular flexibility index (Phi) is 5.43. The second kappa shape index (κ2) is 8.14. The number of nitrogens with one attached hydrogen (secondary N) is 1. The van der Waals surface area contributed by atoms with Gasteiger partial charge in [0.05, 0.1) is 6.04 Å². The molecule has 0 spiro atoms. The third kappa shape index (κ3) is 4.09. The van der Waals surface area contributed by atoms with Crippen LogP contribution in [0.5, 0.6) is 0 Å². The van der Waals surface area contributed by atoms with Gasteiger partial charge in [0, 0.05) is 51.0 Å². The molecule has 0 saturated carbocycles. The standard InChI is InChI=1S/C21H28N6O/c1-16(17-5-7-18(8-6-17)26-14-12-25(2)13-15-26)23-21-22-10-9-19(24-21)27-11-3-4-20(27)28/h5-10,16H,3-4,11-15H2,1-2H3,(H,22,23,24). The summed E-state index contributed by atoms with van der Waals surface area (Å²) in [5.41, 5.74) is 2.46. The van der Waals surface area contributed by atoms with Gasteiger partial charge in [0.2, 0.25) is 11.9 Å². The number of aromatic nitrogens is 2. The lowest BCUT2D eigenvalue weighted by Gasteiger charge is -2.34. The van der Waals surface area contributed by atoms with Gasteiger partial charge in [-0.2, -0.15) is 4.98 Å². The van der Waals surface area contributed by atoms with E-state index in [1.165, 1.54) is 11.3 Å². The zero-order valence-electron chi connectivity index (χ0n) is 16.6. The van der Waals surface area contributed by atoms with Crippen LogP contribution in [0.25, 0.3) is 0 Å². The van der Waals surface area contributed by atoms with E-state index in [1.54, 1.807) is 17.2 Å². The van der Waals surface area contributed by atoms with Gasteiger partial charge in [-0.15, -0.1) is 0 Å². The Hall–Kier alpha value is -2.67. The first-order valence-electron chi connectivity index (χ1n) is 10.0. The molecule has 0 bridgehead atoms. The van der Waals surface area contributed by atoms with Crippen LogP contribution >= 0.6 is 0 Å². The van der Waals surface area contributed by atoms with Crippen molar-refractivity contribution in [3.8, 4) is 0 Å². The Labute approximate surface area is 166 Å². The zero-order chi connectivity index (χ0) is 19.5. The van der Waals surface area contributed by atoms with Gasteiger partial charge in [-0.1, -0.05) is 12.1 Å². The van der Waals surface area contributed by atoms with Gasteiger partial charge in [0.25, 0.3) is 0 Å². The second-order valence-electron chi connectivity index (χ2n) is 7.64. The molecule has 1 unspecified atom stereocenters. The van der Waals surface area contributed by atoms with Gasteiger partial charge in [-0.25, -0.2) is 4.98 Å². The van der Waals surface area contributed by atoms with Crippen LogP contribution in [0.2, 0.25) is 0 Å². The van der Waals surface area contributed by atoms with Crippen LogP contribution in [0.1, 0.15) is 31.4 Å². The number of likely N-dealkylation sites (N-methyl/N-ethyl adjacent to an activating group) is 1. The molecule has 148 valence electrons. The third-order valence-corrected chi connectivity index (χ3v) is 5.60. The summed E-state index contributed by atoms with van der Waals surface area (Å²) in [7, 11) is 2.17. The van der Waals surface area contributed by atoms with Crippen molar-refractivity contribution in [2.75, 3.05) is 54.9 Å². The summed E-state index contributed by atoms with van der Waals surface area (Å²) in [5.74, 6) is 1.36. The summed E-state index contributed by atoms with van der Waals surface area (Å²) in [5, 5.41) is 3.36. The fourth-order valence-electron chi connectivity index (χ4n) is 3.77. The molecular weight excluding hydrogens is 352 g/mol.